The van der Waals surface area contributed by atoms with Crippen LogP contribution in [0.25, 0.3) is 10.9 Å². The topological polar surface area (TPSA) is 37.9 Å². The molecule has 1 N–H and O–H groups in total. The first-order valence-electron chi connectivity index (χ1n) is 3.91. The Balaban J connectivity index is 2.55. The van der Waals surface area contributed by atoms with Crippen LogP contribution in [0.4, 0.5) is 0 Å². The SMILES string of the molecule is COCc1c[nH]c2cc(Br)ncc12. The van der Waals surface area contributed by atoms with Crippen molar-refractivity contribution in [3.05, 3.63) is 28.6 Å². The number of H-pyrrole nitrogens is 1. The average Bonchev–Trinajstić information content (AvgIpc) is 2.49. The lowest BCUT2D eigenvalue weighted by molar-refractivity contribution is 0.186. The molecule has 0 spiro atoms. The number of hydrogen-bond acceptors (Lipinski definition) is 2. The Labute approximate surface area is 84.3 Å². The molecule has 68 valence electrons. The van der Waals surface area contributed by atoms with E-state index in [9.17, 15) is 0 Å². The Hall–Kier alpha value is -0.870. The summed E-state index contributed by atoms with van der Waals surface area (Å²) in [6.07, 6.45) is 3.78. The Morgan fingerprint density at radius 3 is 3.23 bits per heavy atom. The van der Waals surface area contributed by atoms with Gasteiger partial charge in [-0.05, 0) is 22.0 Å². The number of hydrogen-bond donors (Lipinski definition) is 1. The van der Waals surface area contributed by atoms with Crippen molar-refractivity contribution in [2.75, 3.05) is 7.11 Å². The lowest BCUT2D eigenvalue weighted by Gasteiger charge is -1.95. The Kier molecular flexibility index (Phi) is 2.33. The van der Waals surface area contributed by atoms with Gasteiger partial charge in [0, 0.05) is 36.0 Å². The van der Waals surface area contributed by atoms with Gasteiger partial charge >= 0.3 is 0 Å². The van der Waals surface area contributed by atoms with Gasteiger partial charge in [0.15, 0.2) is 0 Å². The number of ether oxygens (including phenoxy) is 1. The predicted molar refractivity (Wildman–Crippen MR) is 54.5 cm³/mol. The number of nitrogens with zero attached hydrogens (tertiary/aromatic N) is 1. The van der Waals surface area contributed by atoms with Crippen LogP contribution in [-0.4, -0.2) is 17.1 Å². The molecule has 0 amide bonds. The molecule has 0 aliphatic heterocycles. The third-order valence-electron chi connectivity index (χ3n) is 1.92. The highest BCUT2D eigenvalue weighted by Gasteiger charge is 2.03. The van der Waals surface area contributed by atoms with E-state index in [-0.39, 0.29) is 0 Å². The maximum Gasteiger partial charge on any atom is 0.108 e. The molecular weight excluding hydrogens is 232 g/mol. The van der Waals surface area contributed by atoms with Gasteiger partial charge in [-0.1, -0.05) is 0 Å². The molecule has 4 heteroatoms. The van der Waals surface area contributed by atoms with E-state index in [4.69, 9.17) is 4.74 Å². The van der Waals surface area contributed by atoms with Gasteiger partial charge in [0.25, 0.3) is 0 Å². The minimum atomic E-state index is 0.614. The second-order valence-electron chi connectivity index (χ2n) is 2.80. The van der Waals surface area contributed by atoms with Crippen molar-refractivity contribution < 1.29 is 4.74 Å². The molecule has 0 radical (unpaired) electrons. The van der Waals surface area contributed by atoms with Crippen molar-refractivity contribution in [2.24, 2.45) is 0 Å². The Bertz CT molecular complexity index is 424. The van der Waals surface area contributed by atoms with Gasteiger partial charge in [0.2, 0.25) is 0 Å². The van der Waals surface area contributed by atoms with Crippen molar-refractivity contribution in [1.29, 1.82) is 0 Å². The number of aromatic amines is 1. The summed E-state index contributed by atoms with van der Waals surface area (Å²) in [4.78, 5) is 7.33. The van der Waals surface area contributed by atoms with Crippen LogP contribution in [0, 0.1) is 0 Å². The zero-order chi connectivity index (χ0) is 9.26. The molecule has 0 aliphatic rings. The second kappa shape index (κ2) is 3.47. The molecule has 0 saturated heterocycles. The summed E-state index contributed by atoms with van der Waals surface area (Å²) < 4.78 is 5.90. The van der Waals surface area contributed by atoms with E-state index in [1.165, 1.54) is 0 Å². The van der Waals surface area contributed by atoms with Crippen molar-refractivity contribution in [3.8, 4) is 0 Å². The summed E-state index contributed by atoms with van der Waals surface area (Å²) in [7, 11) is 1.69. The smallest absolute Gasteiger partial charge is 0.108 e. The first-order valence-corrected chi connectivity index (χ1v) is 4.71. The van der Waals surface area contributed by atoms with E-state index in [1.807, 2.05) is 18.5 Å². The van der Waals surface area contributed by atoms with Crippen LogP contribution >= 0.6 is 15.9 Å². The van der Waals surface area contributed by atoms with Crippen LogP contribution < -0.4 is 0 Å². The molecular formula is C9H9BrN2O. The standard InChI is InChI=1S/C9H9BrN2O/c1-13-5-6-3-11-8-2-9(10)12-4-7(6)8/h2-4,11H,5H2,1H3. The van der Waals surface area contributed by atoms with Gasteiger partial charge in [-0.3, -0.25) is 0 Å². The quantitative estimate of drug-likeness (QED) is 0.820. The molecule has 0 unspecified atom stereocenters. The molecule has 3 nitrogen and oxygen atoms in total. The highest BCUT2D eigenvalue weighted by molar-refractivity contribution is 9.10. The second-order valence-corrected chi connectivity index (χ2v) is 3.61. The van der Waals surface area contributed by atoms with Crippen molar-refractivity contribution in [3.63, 3.8) is 0 Å². The highest BCUT2D eigenvalue weighted by atomic mass is 79.9. The first-order chi connectivity index (χ1) is 6.31. The lowest BCUT2D eigenvalue weighted by Crippen LogP contribution is -1.84. The number of rotatable bonds is 2. The van der Waals surface area contributed by atoms with Crippen LogP contribution in [0.1, 0.15) is 5.56 Å². The number of aromatic nitrogens is 2. The van der Waals surface area contributed by atoms with E-state index in [0.717, 1.165) is 21.1 Å². The monoisotopic (exact) mass is 240 g/mol. The number of nitrogens with one attached hydrogen (secondary N) is 1. The summed E-state index contributed by atoms with van der Waals surface area (Å²) in [6.45, 7) is 0.614. The predicted octanol–water partition coefficient (Wildman–Crippen LogP) is 2.47. The Morgan fingerprint density at radius 2 is 2.46 bits per heavy atom. The fourth-order valence-electron chi connectivity index (χ4n) is 1.32. The van der Waals surface area contributed by atoms with Crippen molar-refractivity contribution in [2.45, 2.75) is 6.61 Å². The number of halogens is 1. The van der Waals surface area contributed by atoms with Gasteiger partial charge in [-0.25, -0.2) is 4.98 Å². The van der Waals surface area contributed by atoms with Crippen LogP contribution in [0.3, 0.4) is 0 Å². The maximum atomic E-state index is 5.07. The molecule has 0 atom stereocenters. The molecule has 0 bridgehead atoms. The molecule has 0 aromatic carbocycles. The molecule has 0 fully saturated rings. The van der Waals surface area contributed by atoms with Crippen LogP contribution in [-0.2, 0) is 11.3 Å². The average molecular weight is 241 g/mol. The molecule has 2 aromatic rings. The summed E-state index contributed by atoms with van der Waals surface area (Å²) in [5, 5.41) is 1.12. The van der Waals surface area contributed by atoms with E-state index in [0.29, 0.717) is 6.61 Å². The molecule has 0 saturated carbocycles. The highest BCUT2D eigenvalue weighted by Crippen LogP contribution is 2.20. The molecule has 13 heavy (non-hydrogen) atoms. The number of methoxy groups -OCH3 is 1. The van der Waals surface area contributed by atoms with Crippen LogP contribution in [0.5, 0.6) is 0 Å². The van der Waals surface area contributed by atoms with E-state index in [1.54, 1.807) is 7.11 Å². The fraction of sp³-hybridized carbons (Fsp3) is 0.222. The molecule has 0 aliphatic carbocycles. The van der Waals surface area contributed by atoms with Crippen molar-refractivity contribution in [1.82, 2.24) is 9.97 Å². The number of fused-ring (bicyclic) bond motifs is 1. The number of pyridine rings is 1. The lowest BCUT2D eigenvalue weighted by atomic mass is 10.2. The van der Waals surface area contributed by atoms with Gasteiger partial charge in [0.1, 0.15) is 4.60 Å². The summed E-state index contributed by atoms with van der Waals surface area (Å²) in [5.74, 6) is 0. The Morgan fingerprint density at radius 1 is 1.62 bits per heavy atom. The van der Waals surface area contributed by atoms with E-state index in [2.05, 4.69) is 25.9 Å². The normalized spacial score (nSPS) is 10.9. The van der Waals surface area contributed by atoms with Crippen LogP contribution in [0.15, 0.2) is 23.1 Å². The molecule has 2 rings (SSSR count). The minimum absolute atomic E-state index is 0.614. The van der Waals surface area contributed by atoms with Crippen molar-refractivity contribution >= 4 is 26.8 Å². The zero-order valence-corrected chi connectivity index (χ0v) is 8.76. The summed E-state index contributed by atoms with van der Waals surface area (Å²) in [6, 6.07) is 1.95. The van der Waals surface area contributed by atoms with Gasteiger partial charge < -0.3 is 9.72 Å². The van der Waals surface area contributed by atoms with E-state index >= 15 is 0 Å². The largest absolute Gasteiger partial charge is 0.380 e. The fourth-order valence-corrected chi connectivity index (χ4v) is 1.65. The van der Waals surface area contributed by atoms with Crippen LogP contribution in [0.2, 0.25) is 0 Å². The van der Waals surface area contributed by atoms with Gasteiger partial charge in [-0.15, -0.1) is 0 Å². The zero-order valence-electron chi connectivity index (χ0n) is 7.17. The molecule has 2 aromatic heterocycles. The van der Waals surface area contributed by atoms with Gasteiger partial charge in [-0.2, -0.15) is 0 Å². The first kappa shape index (κ1) is 8.72. The summed E-state index contributed by atoms with van der Waals surface area (Å²) >= 11 is 3.32. The molecule has 2 heterocycles. The third kappa shape index (κ3) is 1.59. The summed E-state index contributed by atoms with van der Waals surface area (Å²) in [5.41, 5.74) is 2.21. The minimum Gasteiger partial charge on any atom is -0.380 e. The maximum absolute atomic E-state index is 5.07. The van der Waals surface area contributed by atoms with E-state index < -0.39 is 0 Å². The van der Waals surface area contributed by atoms with Gasteiger partial charge in [0.05, 0.1) is 6.61 Å². The third-order valence-corrected chi connectivity index (χ3v) is 2.35.